The average molecular weight is 312 g/mol. The summed E-state index contributed by atoms with van der Waals surface area (Å²) in [5.41, 5.74) is 0.965. The van der Waals surface area contributed by atoms with Gasteiger partial charge in [-0.15, -0.1) is 0 Å². The van der Waals surface area contributed by atoms with Gasteiger partial charge >= 0.3 is 0 Å². The number of aromatic hydroxyl groups is 1. The third-order valence-corrected chi connectivity index (χ3v) is 4.68. The molecule has 0 radical (unpaired) electrons. The van der Waals surface area contributed by atoms with Crippen molar-refractivity contribution in [1.82, 2.24) is 5.32 Å². The Morgan fingerprint density at radius 1 is 1.33 bits per heavy atom. The van der Waals surface area contributed by atoms with E-state index in [-0.39, 0.29) is 0 Å². The smallest absolute Gasteiger partial charge is 0.134 e. The lowest BCUT2D eigenvalue weighted by Gasteiger charge is -2.28. The normalized spacial score (nSPS) is 18.8. The summed E-state index contributed by atoms with van der Waals surface area (Å²) < 4.78 is 0.770. The zero-order valence-electron chi connectivity index (χ0n) is 11.0. The Morgan fingerprint density at radius 2 is 2.06 bits per heavy atom. The van der Waals surface area contributed by atoms with Crippen LogP contribution in [0.1, 0.15) is 44.6 Å². The highest BCUT2D eigenvalue weighted by atomic mass is 79.9. The predicted octanol–water partition coefficient (Wildman–Crippen LogP) is 4.21. The second-order valence-corrected chi connectivity index (χ2v) is 6.17. The Balaban J connectivity index is 1.88. The van der Waals surface area contributed by atoms with Crippen LogP contribution >= 0.6 is 15.9 Å². The van der Waals surface area contributed by atoms with Crippen LogP contribution in [0.5, 0.6) is 5.75 Å². The summed E-state index contributed by atoms with van der Waals surface area (Å²) in [5, 5.41) is 13.5. The molecule has 100 valence electrons. The van der Waals surface area contributed by atoms with E-state index in [1.165, 1.54) is 32.1 Å². The Kier molecular flexibility index (Phi) is 5.07. The van der Waals surface area contributed by atoms with Gasteiger partial charge in [0.2, 0.25) is 0 Å². The predicted molar refractivity (Wildman–Crippen MR) is 78.7 cm³/mol. The summed E-state index contributed by atoms with van der Waals surface area (Å²) in [6.07, 6.45) is 6.84. The first-order valence-electron chi connectivity index (χ1n) is 6.88. The van der Waals surface area contributed by atoms with E-state index in [9.17, 15) is 5.11 Å². The van der Waals surface area contributed by atoms with Gasteiger partial charge in [-0.3, -0.25) is 0 Å². The fraction of sp³-hybridized carbons (Fsp3) is 0.600. The largest absolute Gasteiger partial charge is 0.506 e. The number of phenols is 1. The van der Waals surface area contributed by atoms with Gasteiger partial charge in [0.15, 0.2) is 0 Å². The molecule has 1 saturated carbocycles. The van der Waals surface area contributed by atoms with Crippen LogP contribution < -0.4 is 5.32 Å². The van der Waals surface area contributed by atoms with Crippen molar-refractivity contribution < 1.29 is 5.11 Å². The van der Waals surface area contributed by atoms with Crippen LogP contribution in [0.2, 0.25) is 0 Å². The van der Waals surface area contributed by atoms with E-state index in [0.29, 0.717) is 11.8 Å². The van der Waals surface area contributed by atoms with E-state index >= 15 is 0 Å². The molecule has 2 rings (SSSR count). The highest BCUT2D eigenvalue weighted by Crippen LogP contribution is 2.29. The van der Waals surface area contributed by atoms with Crippen molar-refractivity contribution in [3.05, 3.63) is 28.2 Å². The minimum absolute atomic E-state index is 0.362. The van der Waals surface area contributed by atoms with Crippen LogP contribution in [0, 0.1) is 5.92 Å². The second-order valence-electron chi connectivity index (χ2n) is 5.32. The maximum Gasteiger partial charge on any atom is 0.134 e. The van der Waals surface area contributed by atoms with Crippen LogP contribution in [-0.2, 0) is 6.54 Å². The molecule has 0 amide bonds. The van der Waals surface area contributed by atoms with Gasteiger partial charge < -0.3 is 10.4 Å². The maximum absolute atomic E-state index is 9.93. The minimum atomic E-state index is 0.362. The van der Waals surface area contributed by atoms with Crippen molar-refractivity contribution in [2.75, 3.05) is 0 Å². The maximum atomic E-state index is 9.93. The quantitative estimate of drug-likeness (QED) is 0.873. The van der Waals surface area contributed by atoms with Crippen LogP contribution in [-0.4, -0.2) is 11.1 Å². The lowest BCUT2D eigenvalue weighted by atomic mass is 9.84. The van der Waals surface area contributed by atoms with Gasteiger partial charge in [-0.1, -0.05) is 31.4 Å². The molecule has 18 heavy (non-hydrogen) atoms. The number of hydrogen-bond acceptors (Lipinski definition) is 2. The first-order chi connectivity index (χ1) is 8.68. The molecule has 0 heterocycles. The topological polar surface area (TPSA) is 32.3 Å². The molecule has 2 nitrogen and oxygen atoms in total. The fourth-order valence-electron chi connectivity index (χ4n) is 2.77. The summed E-state index contributed by atoms with van der Waals surface area (Å²) in [6, 6.07) is 6.33. The van der Waals surface area contributed by atoms with Gasteiger partial charge in [0.05, 0.1) is 4.47 Å². The van der Waals surface area contributed by atoms with E-state index in [0.717, 1.165) is 22.5 Å². The third-order valence-electron chi connectivity index (χ3n) is 4.04. The molecule has 0 saturated heterocycles. The van der Waals surface area contributed by atoms with Crippen molar-refractivity contribution in [2.45, 2.75) is 51.6 Å². The monoisotopic (exact) mass is 311 g/mol. The molecule has 0 aliphatic heterocycles. The lowest BCUT2D eigenvalue weighted by molar-refractivity contribution is 0.280. The molecular formula is C15H22BrNO. The highest BCUT2D eigenvalue weighted by Gasteiger charge is 2.19. The van der Waals surface area contributed by atoms with Crippen LogP contribution in [0.3, 0.4) is 0 Å². The summed E-state index contributed by atoms with van der Waals surface area (Å²) in [5.74, 6) is 1.16. The SMILES string of the molecule is CC(NCc1cccc(Br)c1O)C1CCCCC1. The molecule has 1 fully saturated rings. The number of nitrogens with one attached hydrogen (secondary N) is 1. The zero-order chi connectivity index (χ0) is 13.0. The van der Waals surface area contributed by atoms with Gasteiger partial charge in [0.1, 0.15) is 5.75 Å². The van der Waals surface area contributed by atoms with E-state index in [1.54, 1.807) is 0 Å². The van der Waals surface area contributed by atoms with Crippen LogP contribution in [0.15, 0.2) is 22.7 Å². The Bertz CT molecular complexity index is 388. The number of phenolic OH excluding ortho intramolecular Hbond substituents is 1. The third kappa shape index (κ3) is 3.48. The van der Waals surface area contributed by atoms with Gasteiger partial charge in [-0.2, -0.15) is 0 Å². The van der Waals surface area contributed by atoms with E-state index < -0.39 is 0 Å². The summed E-state index contributed by atoms with van der Waals surface area (Å²) in [6.45, 7) is 3.01. The number of rotatable bonds is 4. The molecule has 1 atom stereocenters. The van der Waals surface area contributed by atoms with Crippen molar-refractivity contribution >= 4 is 15.9 Å². The van der Waals surface area contributed by atoms with Crippen LogP contribution in [0.25, 0.3) is 0 Å². The summed E-state index contributed by atoms with van der Waals surface area (Å²) >= 11 is 3.35. The number of benzene rings is 1. The lowest BCUT2D eigenvalue weighted by Crippen LogP contribution is -2.34. The summed E-state index contributed by atoms with van der Waals surface area (Å²) in [7, 11) is 0. The van der Waals surface area contributed by atoms with Crippen molar-refractivity contribution in [3.63, 3.8) is 0 Å². The molecule has 0 bridgehead atoms. The summed E-state index contributed by atoms with van der Waals surface area (Å²) in [4.78, 5) is 0. The molecule has 2 N–H and O–H groups in total. The van der Waals surface area contributed by atoms with E-state index in [2.05, 4.69) is 28.2 Å². The molecule has 3 heteroatoms. The molecule has 1 aromatic rings. The first-order valence-corrected chi connectivity index (χ1v) is 7.67. The Morgan fingerprint density at radius 3 is 2.78 bits per heavy atom. The standard InChI is InChI=1S/C15H22BrNO/c1-11(12-6-3-2-4-7-12)17-10-13-8-5-9-14(16)15(13)18/h5,8-9,11-12,17-18H,2-4,6-7,10H2,1H3. The van der Waals surface area contributed by atoms with Gasteiger partial charge in [-0.05, 0) is 47.7 Å². The number of halogens is 1. The van der Waals surface area contributed by atoms with E-state index in [4.69, 9.17) is 0 Å². The molecule has 0 aromatic heterocycles. The second kappa shape index (κ2) is 6.58. The van der Waals surface area contributed by atoms with Gasteiger partial charge in [-0.25, -0.2) is 0 Å². The Hall–Kier alpha value is -0.540. The number of para-hydroxylation sites is 1. The van der Waals surface area contributed by atoms with Gasteiger partial charge in [0, 0.05) is 18.2 Å². The highest BCUT2D eigenvalue weighted by molar-refractivity contribution is 9.10. The zero-order valence-corrected chi connectivity index (χ0v) is 12.5. The first kappa shape index (κ1) is 13.9. The average Bonchev–Trinajstić information content (AvgIpc) is 2.41. The van der Waals surface area contributed by atoms with Crippen molar-refractivity contribution in [1.29, 1.82) is 0 Å². The molecular weight excluding hydrogens is 290 g/mol. The molecule has 1 aromatic carbocycles. The fourth-order valence-corrected chi connectivity index (χ4v) is 3.18. The van der Waals surface area contributed by atoms with Crippen LogP contribution in [0.4, 0.5) is 0 Å². The van der Waals surface area contributed by atoms with Crippen molar-refractivity contribution in [3.8, 4) is 5.75 Å². The Labute approximate surface area is 118 Å². The molecule has 1 unspecified atom stereocenters. The molecule has 1 aliphatic carbocycles. The van der Waals surface area contributed by atoms with E-state index in [1.807, 2.05) is 18.2 Å². The van der Waals surface area contributed by atoms with Gasteiger partial charge in [0.25, 0.3) is 0 Å². The van der Waals surface area contributed by atoms with Crippen molar-refractivity contribution in [2.24, 2.45) is 5.92 Å². The minimum Gasteiger partial charge on any atom is -0.506 e. The molecule has 1 aliphatic rings. The number of hydrogen-bond donors (Lipinski definition) is 2. The molecule has 0 spiro atoms.